The molecule has 8 heteroatoms. The molecule has 0 aliphatic carbocycles. The number of thiazole rings is 1. The van der Waals surface area contributed by atoms with Gasteiger partial charge in [0, 0.05) is 11.1 Å². The second-order valence-electron chi connectivity index (χ2n) is 3.85. The second-order valence-corrected chi connectivity index (χ2v) is 5.05. The van der Waals surface area contributed by atoms with Gasteiger partial charge in [0.25, 0.3) is 0 Å². The number of aryl methyl sites for hydroxylation is 1. The monoisotopic (exact) mass is 302 g/mol. The summed E-state index contributed by atoms with van der Waals surface area (Å²) in [4.78, 5) is 19.8. The van der Waals surface area contributed by atoms with Gasteiger partial charge in [-0.25, -0.2) is 9.78 Å². The van der Waals surface area contributed by atoms with Crippen LogP contribution >= 0.6 is 11.3 Å². The summed E-state index contributed by atoms with van der Waals surface area (Å²) in [6.07, 6.45) is -3.69. The second kappa shape index (κ2) is 5.20. The Balaban J connectivity index is 2.35. The van der Waals surface area contributed by atoms with E-state index in [4.69, 9.17) is 0 Å². The number of methoxy groups -OCH3 is 1. The molecule has 4 nitrogen and oxygen atoms in total. The van der Waals surface area contributed by atoms with Crippen molar-refractivity contribution >= 4 is 17.3 Å². The number of carbonyl (C=O) groups excluding carboxylic acids is 1. The predicted octanol–water partition coefficient (Wildman–Crippen LogP) is 3.32. The standard InChI is InChI=1S/C12H9F3N2O2S/c1-6-9(11(18)19-2)17-10(20-6)8-4-3-7(5-16-8)12(13,14)15/h3-5H,1-2H3. The van der Waals surface area contributed by atoms with Crippen LogP contribution in [0.25, 0.3) is 10.7 Å². The Kier molecular flexibility index (Phi) is 3.76. The number of carbonyl (C=O) groups is 1. The van der Waals surface area contributed by atoms with Crippen molar-refractivity contribution in [2.24, 2.45) is 0 Å². The minimum Gasteiger partial charge on any atom is -0.464 e. The molecule has 0 fully saturated rings. The van der Waals surface area contributed by atoms with Crippen molar-refractivity contribution in [1.29, 1.82) is 0 Å². The average molecular weight is 302 g/mol. The van der Waals surface area contributed by atoms with Crippen molar-refractivity contribution in [3.05, 3.63) is 34.5 Å². The summed E-state index contributed by atoms with van der Waals surface area (Å²) in [5, 5.41) is 0.372. The Morgan fingerprint density at radius 1 is 1.35 bits per heavy atom. The van der Waals surface area contributed by atoms with E-state index in [1.165, 1.54) is 24.5 Å². The summed E-state index contributed by atoms with van der Waals surface area (Å²) < 4.78 is 41.8. The molecule has 2 rings (SSSR count). The lowest BCUT2D eigenvalue weighted by Gasteiger charge is -2.05. The average Bonchev–Trinajstić information content (AvgIpc) is 2.79. The van der Waals surface area contributed by atoms with Gasteiger partial charge in [-0.1, -0.05) is 0 Å². The fourth-order valence-electron chi connectivity index (χ4n) is 1.48. The van der Waals surface area contributed by atoms with Crippen molar-refractivity contribution in [2.75, 3.05) is 7.11 Å². The molecule has 0 amide bonds. The molecule has 0 saturated carbocycles. The van der Waals surface area contributed by atoms with Crippen LogP contribution in [0.15, 0.2) is 18.3 Å². The summed E-state index contributed by atoms with van der Waals surface area (Å²) >= 11 is 1.17. The fraction of sp³-hybridized carbons (Fsp3) is 0.250. The van der Waals surface area contributed by atoms with Gasteiger partial charge in [-0.05, 0) is 19.1 Å². The zero-order valence-electron chi connectivity index (χ0n) is 10.5. The van der Waals surface area contributed by atoms with Gasteiger partial charge in [-0.3, -0.25) is 4.98 Å². The molecule has 20 heavy (non-hydrogen) atoms. The SMILES string of the molecule is COC(=O)c1nc(-c2ccc(C(F)(F)F)cn2)sc1C. The number of ether oxygens (including phenoxy) is 1. The van der Waals surface area contributed by atoms with Crippen molar-refractivity contribution in [2.45, 2.75) is 13.1 Å². The first-order valence-electron chi connectivity index (χ1n) is 5.42. The first-order chi connectivity index (χ1) is 9.32. The van der Waals surface area contributed by atoms with E-state index in [0.717, 1.165) is 12.3 Å². The van der Waals surface area contributed by atoms with E-state index >= 15 is 0 Å². The van der Waals surface area contributed by atoms with E-state index in [9.17, 15) is 18.0 Å². The number of esters is 1. The normalized spacial score (nSPS) is 11.4. The maximum atomic E-state index is 12.4. The summed E-state index contributed by atoms with van der Waals surface area (Å²) in [7, 11) is 1.23. The van der Waals surface area contributed by atoms with Gasteiger partial charge < -0.3 is 4.74 Å². The van der Waals surface area contributed by atoms with Crippen molar-refractivity contribution in [3.8, 4) is 10.7 Å². The van der Waals surface area contributed by atoms with Crippen LogP contribution in [0.3, 0.4) is 0 Å². The van der Waals surface area contributed by atoms with Gasteiger partial charge in [-0.15, -0.1) is 11.3 Å². The topological polar surface area (TPSA) is 52.1 Å². The molecule has 2 heterocycles. The Bertz CT molecular complexity index is 635. The van der Waals surface area contributed by atoms with Crippen LogP contribution in [-0.4, -0.2) is 23.0 Å². The number of hydrogen-bond donors (Lipinski definition) is 0. The molecular weight excluding hydrogens is 293 g/mol. The molecule has 0 aliphatic heterocycles. The molecule has 0 N–H and O–H groups in total. The molecule has 0 atom stereocenters. The van der Waals surface area contributed by atoms with Gasteiger partial charge in [0.2, 0.25) is 0 Å². The lowest BCUT2D eigenvalue weighted by molar-refractivity contribution is -0.137. The van der Waals surface area contributed by atoms with Crippen molar-refractivity contribution in [1.82, 2.24) is 9.97 Å². The van der Waals surface area contributed by atoms with E-state index in [-0.39, 0.29) is 11.4 Å². The minimum atomic E-state index is -4.43. The van der Waals surface area contributed by atoms with Crippen LogP contribution in [0, 0.1) is 6.92 Å². The van der Waals surface area contributed by atoms with E-state index in [1.807, 2.05) is 0 Å². The highest BCUT2D eigenvalue weighted by atomic mass is 32.1. The molecule has 0 aromatic carbocycles. The van der Waals surface area contributed by atoms with E-state index in [2.05, 4.69) is 14.7 Å². The van der Waals surface area contributed by atoms with Crippen molar-refractivity contribution in [3.63, 3.8) is 0 Å². The molecule has 0 spiro atoms. The number of rotatable bonds is 2. The van der Waals surface area contributed by atoms with E-state index in [1.54, 1.807) is 6.92 Å². The molecule has 2 aromatic heterocycles. The van der Waals surface area contributed by atoms with Crippen molar-refractivity contribution < 1.29 is 22.7 Å². The number of halogens is 3. The van der Waals surface area contributed by atoms with Crippen LogP contribution in [0.4, 0.5) is 13.2 Å². The Hall–Kier alpha value is -1.96. The lowest BCUT2D eigenvalue weighted by Crippen LogP contribution is -2.05. The number of hydrogen-bond acceptors (Lipinski definition) is 5. The third-order valence-electron chi connectivity index (χ3n) is 2.49. The third-order valence-corrected chi connectivity index (χ3v) is 3.48. The molecule has 0 unspecified atom stereocenters. The number of alkyl halides is 3. The Morgan fingerprint density at radius 3 is 2.55 bits per heavy atom. The highest BCUT2D eigenvalue weighted by molar-refractivity contribution is 7.15. The van der Waals surface area contributed by atoms with E-state index < -0.39 is 17.7 Å². The molecular formula is C12H9F3N2O2S. The summed E-state index contributed by atoms with van der Waals surface area (Å²) in [6.45, 7) is 1.68. The van der Waals surface area contributed by atoms with Gasteiger partial charge in [-0.2, -0.15) is 13.2 Å². The Labute approximate surface area is 116 Å². The summed E-state index contributed by atoms with van der Waals surface area (Å²) in [5.41, 5.74) is -0.404. The first kappa shape index (κ1) is 14.4. The predicted molar refractivity (Wildman–Crippen MR) is 66.4 cm³/mol. The third kappa shape index (κ3) is 2.79. The van der Waals surface area contributed by atoms with Crippen LogP contribution in [0.1, 0.15) is 20.9 Å². The van der Waals surface area contributed by atoms with Crippen LogP contribution < -0.4 is 0 Å². The summed E-state index contributed by atoms with van der Waals surface area (Å²) in [5.74, 6) is -0.586. The maximum absolute atomic E-state index is 12.4. The quantitative estimate of drug-likeness (QED) is 0.799. The van der Waals surface area contributed by atoms with E-state index in [0.29, 0.717) is 9.88 Å². The molecule has 0 saturated heterocycles. The lowest BCUT2D eigenvalue weighted by atomic mass is 10.2. The molecule has 0 radical (unpaired) electrons. The highest BCUT2D eigenvalue weighted by Crippen LogP contribution is 2.31. The fourth-order valence-corrected chi connectivity index (χ4v) is 2.36. The van der Waals surface area contributed by atoms with Gasteiger partial charge in [0.15, 0.2) is 5.69 Å². The smallest absolute Gasteiger partial charge is 0.417 e. The largest absolute Gasteiger partial charge is 0.464 e. The molecule has 2 aromatic rings. The van der Waals surface area contributed by atoms with Crippen LogP contribution in [-0.2, 0) is 10.9 Å². The molecule has 0 bridgehead atoms. The number of pyridine rings is 1. The van der Waals surface area contributed by atoms with Gasteiger partial charge in [0.1, 0.15) is 5.01 Å². The minimum absolute atomic E-state index is 0.147. The first-order valence-corrected chi connectivity index (χ1v) is 6.24. The van der Waals surface area contributed by atoms with Gasteiger partial charge >= 0.3 is 12.1 Å². The van der Waals surface area contributed by atoms with Crippen LogP contribution in [0.5, 0.6) is 0 Å². The summed E-state index contributed by atoms with van der Waals surface area (Å²) in [6, 6.07) is 2.15. The van der Waals surface area contributed by atoms with Gasteiger partial charge in [0.05, 0.1) is 18.4 Å². The zero-order chi connectivity index (χ0) is 14.9. The maximum Gasteiger partial charge on any atom is 0.417 e. The number of nitrogens with zero attached hydrogens (tertiary/aromatic N) is 2. The zero-order valence-corrected chi connectivity index (χ0v) is 11.3. The van der Waals surface area contributed by atoms with Crippen LogP contribution in [0.2, 0.25) is 0 Å². The Morgan fingerprint density at radius 2 is 2.05 bits per heavy atom. The number of aromatic nitrogens is 2. The molecule has 0 aliphatic rings. The molecule has 106 valence electrons. The highest BCUT2D eigenvalue weighted by Gasteiger charge is 2.30.